The van der Waals surface area contributed by atoms with Gasteiger partial charge in [-0.15, -0.1) is 0 Å². The van der Waals surface area contributed by atoms with Gasteiger partial charge in [-0.25, -0.2) is 55.1 Å². The van der Waals surface area contributed by atoms with Crippen molar-refractivity contribution < 1.29 is 0 Å². The molecule has 7 heteroatoms. The standard InChI is InChI=1S/C27H43N3S4/c1-31(2,3)22-13-20(14-23(17-22)32(4,5)6)26-28-19-29-27(30-26)21-15-24(33(7,8)9)18-25(16-21)34(10,11)12/h13-19H,1-12H3. The summed E-state index contributed by atoms with van der Waals surface area (Å²) in [5, 5.41) is 0. The molecule has 0 saturated carbocycles. The lowest BCUT2D eigenvalue weighted by Gasteiger charge is -2.32. The van der Waals surface area contributed by atoms with E-state index in [2.05, 4.69) is 121 Å². The van der Waals surface area contributed by atoms with Gasteiger partial charge in [0.2, 0.25) is 0 Å². The van der Waals surface area contributed by atoms with E-state index in [9.17, 15) is 0 Å². The highest BCUT2D eigenvalue weighted by atomic mass is 32.3. The predicted octanol–water partition coefficient (Wildman–Crippen LogP) is 7.42. The SMILES string of the molecule is CS(C)(C)c1cc(-c2ncnc(-c3cc(S(C)(C)C)cc(S(C)(C)C)c3)n2)cc(S(C)(C)C)c1. The van der Waals surface area contributed by atoms with Crippen LogP contribution >= 0.6 is 40.1 Å². The topological polar surface area (TPSA) is 38.7 Å². The monoisotopic (exact) mass is 537 g/mol. The molecule has 0 aliphatic rings. The fraction of sp³-hybridized carbons (Fsp3) is 0.444. The molecule has 0 spiro atoms. The van der Waals surface area contributed by atoms with Gasteiger partial charge in [-0.1, -0.05) is 0 Å². The molecular formula is C27H43N3S4. The maximum Gasteiger partial charge on any atom is 0.163 e. The van der Waals surface area contributed by atoms with Crippen molar-refractivity contribution in [3.8, 4) is 22.8 Å². The van der Waals surface area contributed by atoms with Crippen LogP contribution in [0, 0.1) is 0 Å². The van der Waals surface area contributed by atoms with Gasteiger partial charge in [-0.3, -0.25) is 0 Å². The maximum absolute atomic E-state index is 5.02. The number of hydrogen-bond donors (Lipinski definition) is 0. The minimum Gasteiger partial charge on any atom is -0.223 e. The lowest BCUT2D eigenvalue weighted by molar-refractivity contribution is 1.06. The van der Waals surface area contributed by atoms with Gasteiger partial charge in [0.25, 0.3) is 0 Å². The highest BCUT2D eigenvalue weighted by molar-refractivity contribution is 8.33. The van der Waals surface area contributed by atoms with Crippen molar-refractivity contribution in [2.75, 3.05) is 75.1 Å². The summed E-state index contributed by atoms with van der Waals surface area (Å²) in [5.74, 6) is 1.53. The molecule has 34 heavy (non-hydrogen) atoms. The lowest BCUT2D eigenvalue weighted by Crippen LogP contribution is -2.02. The summed E-state index contributed by atoms with van der Waals surface area (Å²) in [7, 11) is -3.50. The van der Waals surface area contributed by atoms with Crippen molar-refractivity contribution in [1.82, 2.24) is 15.0 Å². The Bertz CT molecular complexity index is 1040. The third kappa shape index (κ3) is 6.54. The third-order valence-corrected chi connectivity index (χ3v) is 12.3. The molecule has 0 unspecified atom stereocenters. The zero-order valence-electron chi connectivity index (χ0n) is 23.0. The first-order chi connectivity index (χ1) is 15.4. The van der Waals surface area contributed by atoms with Crippen LogP contribution in [0.25, 0.3) is 22.8 Å². The molecule has 0 bridgehead atoms. The molecule has 0 fully saturated rings. The second-order valence-corrected chi connectivity index (χ2v) is 28.4. The molecule has 3 rings (SSSR count). The number of nitrogens with zero attached hydrogens (tertiary/aromatic N) is 3. The number of hydrogen-bond acceptors (Lipinski definition) is 3. The summed E-state index contributed by atoms with van der Waals surface area (Å²) in [5.41, 5.74) is 2.19. The molecule has 0 radical (unpaired) electrons. The quantitative estimate of drug-likeness (QED) is 0.328. The molecule has 0 saturated heterocycles. The Kier molecular flexibility index (Phi) is 7.57. The Morgan fingerprint density at radius 2 is 0.676 bits per heavy atom. The summed E-state index contributed by atoms with van der Waals surface area (Å²) >= 11 is 0. The maximum atomic E-state index is 5.02. The van der Waals surface area contributed by atoms with Crippen molar-refractivity contribution in [2.24, 2.45) is 0 Å². The molecule has 0 aliphatic heterocycles. The molecule has 3 nitrogen and oxygen atoms in total. The van der Waals surface area contributed by atoms with Gasteiger partial charge in [0.05, 0.1) is 0 Å². The van der Waals surface area contributed by atoms with Gasteiger partial charge < -0.3 is 0 Å². The first-order valence-corrected chi connectivity index (χ1v) is 22.5. The Morgan fingerprint density at radius 1 is 0.412 bits per heavy atom. The van der Waals surface area contributed by atoms with Gasteiger partial charge in [0, 0.05) is 11.1 Å². The summed E-state index contributed by atoms with van der Waals surface area (Å²) in [4.78, 5) is 19.9. The zero-order chi connectivity index (χ0) is 25.7. The van der Waals surface area contributed by atoms with Crippen LogP contribution in [0.3, 0.4) is 0 Å². The van der Waals surface area contributed by atoms with Crippen LogP contribution in [0.2, 0.25) is 0 Å². The van der Waals surface area contributed by atoms with Crippen LogP contribution in [0.4, 0.5) is 0 Å². The zero-order valence-corrected chi connectivity index (χ0v) is 26.3. The summed E-state index contributed by atoms with van der Waals surface area (Å²) in [6.45, 7) is 0. The summed E-state index contributed by atoms with van der Waals surface area (Å²) < 4.78 is 0. The van der Waals surface area contributed by atoms with Crippen LogP contribution < -0.4 is 0 Å². The van der Waals surface area contributed by atoms with Crippen molar-refractivity contribution in [1.29, 1.82) is 0 Å². The molecule has 1 heterocycles. The average Bonchev–Trinajstić information content (AvgIpc) is 2.70. The molecular weight excluding hydrogens is 495 g/mol. The Balaban J connectivity index is 2.21. The molecule has 1 aromatic heterocycles. The van der Waals surface area contributed by atoms with E-state index in [0.717, 1.165) is 22.8 Å². The normalized spacial score (nSPS) is 15.2. The number of benzene rings is 2. The molecule has 0 aliphatic carbocycles. The largest absolute Gasteiger partial charge is 0.223 e. The van der Waals surface area contributed by atoms with E-state index < -0.39 is 40.1 Å². The lowest BCUT2D eigenvalue weighted by atomic mass is 10.2. The van der Waals surface area contributed by atoms with Crippen molar-refractivity contribution in [3.05, 3.63) is 42.7 Å². The minimum atomic E-state index is -0.875. The first-order valence-electron chi connectivity index (χ1n) is 11.1. The van der Waals surface area contributed by atoms with Crippen molar-refractivity contribution in [2.45, 2.75) is 19.6 Å². The van der Waals surface area contributed by atoms with Crippen molar-refractivity contribution in [3.63, 3.8) is 0 Å². The average molecular weight is 538 g/mol. The van der Waals surface area contributed by atoms with Gasteiger partial charge in [-0.05, 0) is 131 Å². The van der Waals surface area contributed by atoms with Crippen LogP contribution in [0.15, 0.2) is 62.3 Å². The summed E-state index contributed by atoms with van der Waals surface area (Å²) in [6, 6.07) is 14.0. The van der Waals surface area contributed by atoms with E-state index in [1.807, 2.05) is 0 Å². The van der Waals surface area contributed by atoms with Gasteiger partial charge in [0.15, 0.2) is 11.6 Å². The molecule has 190 valence electrons. The molecule has 0 amide bonds. The second-order valence-electron chi connectivity index (χ2n) is 11.9. The van der Waals surface area contributed by atoms with E-state index in [4.69, 9.17) is 4.98 Å². The fourth-order valence-electron chi connectivity index (χ4n) is 3.39. The van der Waals surface area contributed by atoms with E-state index in [1.54, 1.807) is 6.33 Å². The third-order valence-electron chi connectivity index (χ3n) is 5.68. The van der Waals surface area contributed by atoms with Gasteiger partial charge in [0.1, 0.15) is 6.33 Å². The van der Waals surface area contributed by atoms with Gasteiger partial charge in [-0.2, -0.15) is 0 Å². The fourth-order valence-corrected chi connectivity index (χ4v) is 7.38. The highest BCUT2D eigenvalue weighted by Crippen LogP contribution is 2.54. The first kappa shape index (κ1) is 27.4. The van der Waals surface area contributed by atoms with E-state index in [1.165, 1.54) is 19.6 Å². The Labute approximate surface area is 214 Å². The smallest absolute Gasteiger partial charge is 0.163 e. The van der Waals surface area contributed by atoms with Crippen LogP contribution in [0.5, 0.6) is 0 Å². The second kappa shape index (κ2) is 9.38. The predicted molar refractivity (Wildman–Crippen MR) is 165 cm³/mol. The number of rotatable bonds is 6. The van der Waals surface area contributed by atoms with Crippen LogP contribution in [-0.2, 0) is 0 Å². The Morgan fingerprint density at radius 3 is 0.912 bits per heavy atom. The van der Waals surface area contributed by atoms with Crippen LogP contribution in [0.1, 0.15) is 0 Å². The van der Waals surface area contributed by atoms with Gasteiger partial charge >= 0.3 is 0 Å². The highest BCUT2D eigenvalue weighted by Gasteiger charge is 2.20. The van der Waals surface area contributed by atoms with E-state index in [0.29, 0.717) is 0 Å². The van der Waals surface area contributed by atoms with Crippen LogP contribution in [-0.4, -0.2) is 90.0 Å². The summed E-state index contributed by atoms with van der Waals surface area (Å²) in [6.07, 6.45) is 29.9. The minimum absolute atomic E-state index is 0.763. The molecule has 0 atom stereocenters. The molecule has 3 aromatic rings. The Hall–Kier alpha value is -1.15. The van der Waals surface area contributed by atoms with Crippen molar-refractivity contribution >= 4 is 40.1 Å². The molecule has 2 aromatic carbocycles. The number of aromatic nitrogens is 3. The van der Waals surface area contributed by atoms with E-state index in [-0.39, 0.29) is 0 Å². The molecule has 0 N–H and O–H groups in total. The van der Waals surface area contributed by atoms with E-state index >= 15 is 0 Å².